The largest absolute Gasteiger partial charge is 0.378 e. The second-order valence-electron chi connectivity index (χ2n) is 7.53. The Morgan fingerprint density at radius 3 is 2.32 bits per heavy atom. The molecule has 2 aromatic carbocycles. The number of likely N-dealkylation sites (N-methyl/N-ethyl adjacent to an activating group) is 1. The number of hydrogen-bond acceptors (Lipinski definition) is 4. The number of nitrogens with zero attached hydrogens (tertiary/aromatic N) is 3. The van der Waals surface area contributed by atoms with E-state index >= 15 is 0 Å². The molecule has 1 aliphatic rings. The number of carbonyl (C=O) groups excluding carboxylic acids is 1. The van der Waals surface area contributed by atoms with Gasteiger partial charge in [-0.05, 0) is 36.9 Å². The molecule has 1 fully saturated rings. The van der Waals surface area contributed by atoms with Crippen molar-refractivity contribution in [1.82, 2.24) is 15.1 Å². The predicted molar refractivity (Wildman–Crippen MR) is 111 cm³/mol. The van der Waals surface area contributed by atoms with Gasteiger partial charge in [-0.25, -0.2) is 4.39 Å². The Kier molecular flexibility index (Phi) is 6.65. The number of nitrogens with one attached hydrogen (secondary N) is 1. The molecule has 1 amide bonds. The van der Waals surface area contributed by atoms with Gasteiger partial charge in [0.2, 0.25) is 0 Å². The number of benzene rings is 2. The summed E-state index contributed by atoms with van der Waals surface area (Å²) in [4.78, 5) is 19.3. The molecule has 1 aliphatic heterocycles. The van der Waals surface area contributed by atoms with Crippen LogP contribution in [0, 0.1) is 5.82 Å². The van der Waals surface area contributed by atoms with Gasteiger partial charge in [-0.3, -0.25) is 9.69 Å². The van der Waals surface area contributed by atoms with Gasteiger partial charge in [0, 0.05) is 52.5 Å². The van der Waals surface area contributed by atoms with E-state index in [1.807, 2.05) is 14.1 Å². The molecule has 5 nitrogen and oxygen atoms in total. The SMILES string of the molecule is CN1CCN(C(CNC(=O)c2ccccc2F)c2ccc(N(C)C)cc2)CC1. The van der Waals surface area contributed by atoms with Gasteiger partial charge >= 0.3 is 0 Å². The first-order valence-corrected chi connectivity index (χ1v) is 9.68. The zero-order chi connectivity index (χ0) is 20.1. The fourth-order valence-corrected chi connectivity index (χ4v) is 3.52. The lowest BCUT2D eigenvalue weighted by atomic mass is 10.0. The highest BCUT2D eigenvalue weighted by Crippen LogP contribution is 2.24. The lowest BCUT2D eigenvalue weighted by Crippen LogP contribution is -2.48. The third-order valence-corrected chi connectivity index (χ3v) is 5.35. The van der Waals surface area contributed by atoms with Gasteiger partial charge in [0.25, 0.3) is 5.91 Å². The van der Waals surface area contributed by atoms with E-state index in [1.165, 1.54) is 12.1 Å². The van der Waals surface area contributed by atoms with E-state index in [1.54, 1.807) is 12.1 Å². The Labute approximate surface area is 166 Å². The summed E-state index contributed by atoms with van der Waals surface area (Å²) in [5.41, 5.74) is 2.38. The maximum atomic E-state index is 13.9. The molecular weight excluding hydrogens is 355 g/mol. The van der Waals surface area contributed by atoms with E-state index in [2.05, 4.69) is 51.3 Å². The first kappa shape index (κ1) is 20.3. The fourth-order valence-electron chi connectivity index (χ4n) is 3.52. The zero-order valence-electron chi connectivity index (χ0n) is 16.9. The highest BCUT2D eigenvalue weighted by atomic mass is 19.1. The van der Waals surface area contributed by atoms with Crippen molar-refractivity contribution in [3.8, 4) is 0 Å². The number of anilines is 1. The fraction of sp³-hybridized carbons (Fsp3) is 0.409. The molecule has 150 valence electrons. The molecule has 6 heteroatoms. The Morgan fingerprint density at radius 2 is 1.71 bits per heavy atom. The van der Waals surface area contributed by atoms with E-state index in [9.17, 15) is 9.18 Å². The number of rotatable bonds is 6. The molecule has 0 saturated carbocycles. The van der Waals surface area contributed by atoms with Crippen LogP contribution in [0.4, 0.5) is 10.1 Å². The highest BCUT2D eigenvalue weighted by Gasteiger charge is 2.25. The molecule has 0 radical (unpaired) electrons. The van der Waals surface area contributed by atoms with Gasteiger partial charge in [-0.2, -0.15) is 0 Å². The molecule has 2 aromatic rings. The van der Waals surface area contributed by atoms with Gasteiger partial charge in [0.15, 0.2) is 0 Å². The van der Waals surface area contributed by atoms with E-state index in [-0.39, 0.29) is 17.5 Å². The summed E-state index contributed by atoms with van der Waals surface area (Å²) in [5.74, 6) is -0.867. The molecule has 0 aliphatic carbocycles. The van der Waals surface area contributed by atoms with Crippen molar-refractivity contribution in [1.29, 1.82) is 0 Å². The third kappa shape index (κ3) is 4.88. The van der Waals surface area contributed by atoms with Crippen molar-refractivity contribution in [2.75, 3.05) is 58.8 Å². The number of halogens is 1. The maximum absolute atomic E-state index is 13.9. The lowest BCUT2D eigenvalue weighted by Gasteiger charge is -2.38. The Hall–Kier alpha value is -2.44. The summed E-state index contributed by atoms with van der Waals surface area (Å²) in [6.45, 7) is 4.30. The average molecular weight is 384 g/mol. The monoisotopic (exact) mass is 384 g/mol. The van der Waals surface area contributed by atoms with Crippen LogP contribution in [0.3, 0.4) is 0 Å². The van der Waals surface area contributed by atoms with Crippen molar-refractivity contribution in [3.63, 3.8) is 0 Å². The summed E-state index contributed by atoms with van der Waals surface area (Å²) < 4.78 is 13.9. The van der Waals surface area contributed by atoms with Crippen LogP contribution in [0.25, 0.3) is 0 Å². The van der Waals surface area contributed by atoms with E-state index in [0.717, 1.165) is 37.4 Å². The zero-order valence-corrected chi connectivity index (χ0v) is 16.9. The van der Waals surface area contributed by atoms with Crippen LogP contribution in [0.5, 0.6) is 0 Å². The summed E-state index contributed by atoms with van der Waals surface area (Å²) >= 11 is 0. The number of amides is 1. The molecular formula is C22H29FN4O. The van der Waals surface area contributed by atoms with Gasteiger partial charge in [-0.15, -0.1) is 0 Å². The molecule has 1 atom stereocenters. The molecule has 1 unspecified atom stereocenters. The van der Waals surface area contributed by atoms with E-state index < -0.39 is 5.82 Å². The van der Waals surface area contributed by atoms with Gasteiger partial charge in [0.1, 0.15) is 5.82 Å². The van der Waals surface area contributed by atoms with Crippen LogP contribution in [0.2, 0.25) is 0 Å². The summed E-state index contributed by atoms with van der Waals surface area (Å²) in [5, 5.41) is 2.94. The summed E-state index contributed by atoms with van der Waals surface area (Å²) in [6, 6.07) is 14.6. The molecule has 0 aromatic heterocycles. The van der Waals surface area contributed by atoms with Crippen LogP contribution in [0.1, 0.15) is 22.0 Å². The minimum atomic E-state index is -0.494. The van der Waals surface area contributed by atoms with E-state index in [4.69, 9.17) is 0 Å². The number of hydrogen-bond donors (Lipinski definition) is 1. The summed E-state index contributed by atoms with van der Waals surface area (Å²) in [6.07, 6.45) is 0. The molecule has 28 heavy (non-hydrogen) atoms. The van der Waals surface area contributed by atoms with Crippen LogP contribution < -0.4 is 10.2 Å². The lowest BCUT2D eigenvalue weighted by molar-refractivity contribution is 0.0883. The summed E-state index contributed by atoms with van der Waals surface area (Å²) in [7, 11) is 6.15. The highest BCUT2D eigenvalue weighted by molar-refractivity contribution is 5.94. The third-order valence-electron chi connectivity index (χ3n) is 5.35. The molecule has 1 heterocycles. The maximum Gasteiger partial charge on any atom is 0.254 e. The van der Waals surface area contributed by atoms with Gasteiger partial charge in [-0.1, -0.05) is 24.3 Å². The van der Waals surface area contributed by atoms with Gasteiger partial charge in [0.05, 0.1) is 11.6 Å². The first-order valence-electron chi connectivity index (χ1n) is 9.68. The topological polar surface area (TPSA) is 38.8 Å². The van der Waals surface area contributed by atoms with Crippen molar-refractivity contribution in [2.45, 2.75) is 6.04 Å². The predicted octanol–water partition coefficient (Wildman–Crippen LogP) is 2.61. The number of carbonyl (C=O) groups is 1. The smallest absolute Gasteiger partial charge is 0.254 e. The van der Waals surface area contributed by atoms with Crippen LogP contribution in [-0.4, -0.2) is 69.6 Å². The number of piperazine rings is 1. The Balaban J connectivity index is 1.76. The van der Waals surface area contributed by atoms with Crippen molar-refractivity contribution in [2.24, 2.45) is 0 Å². The van der Waals surface area contributed by atoms with Gasteiger partial charge < -0.3 is 15.1 Å². The normalized spacial score (nSPS) is 16.6. The molecule has 0 spiro atoms. The quantitative estimate of drug-likeness (QED) is 0.831. The first-order chi connectivity index (χ1) is 13.5. The van der Waals surface area contributed by atoms with Crippen molar-refractivity contribution >= 4 is 11.6 Å². The van der Waals surface area contributed by atoms with Crippen LogP contribution in [0.15, 0.2) is 48.5 Å². The van der Waals surface area contributed by atoms with Crippen molar-refractivity contribution in [3.05, 3.63) is 65.5 Å². The van der Waals surface area contributed by atoms with E-state index in [0.29, 0.717) is 6.54 Å². The van der Waals surface area contributed by atoms with Crippen LogP contribution >= 0.6 is 0 Å². The van der Waals surface area contributed by atoms with Crippen LogP contribution in [-0.2, 0) is 0 Å². The molecule has 1 N–H and O–H groups in total. The molecule has 3 rings (SSSR count). The molecule has 0 bridgehead atoms. The minimum absolute atomic E-state index is 0.0561. The molecule has 1 saturated heterocycles. The van der Waals surface area contributed by atoms with Crippen molar-refractivity contribution < 1.29 is 9.18 Å². The second kappa shape index (κ2) is 9.17. The Bertz CT molecular complexity index is 785. The Morgan fingerprint density at radius 1 is 1.07 bits per heavy atom. The standard InChI is InChI=1S/C22H29FN4O/c1-25(2)18-10-8-17(9-11-18)21(27-14-12-26(3)13-15-27)16-24-22(28)19-6-4-5-7-20(19)23/h4-11,21H,12-16H2,1-3H3,(H,24,28). The average Bonchev–Trinajstić information content (AvgIpc) is 2.70. The minimum Gasteiger partial charge on any atom is -0.378 e. The second-order valence-corrected chi connectivity index (χ2v) is 7.53.